The maximum Gasteiger partial charge on any atom is 0.276 e. The van der Waals surface area contributed by atoms with E-state index in [2.05, 4.69) is 6.07 Å². The summed E-state index contributed by atoms with van der Waals surface area (Å²) >= 11 is 0. The molecule has 0 heterocycles. The zero-order valence-corrected chi connectivity index (χ0v) is 10.1. The Kier molecular flexibility index (Phi) is 2.45. The quantitative estimate of drug-likeness (QED) is 0.787. The molecule has 0 unspecified atom stereocenters. The highest BCUT2D eigenvalue weighted by molar-refractivity contribution is 5.38. The van der Waals surface area contributed by atoms with Crippen LogP contribution in [0.4, 0.5) is 8.78 Å². The first-order valence-electron chi connectivity index (χ1n) is 6.49. The molecule has 1 aromatic carbocycles. The average Bonchev–Trinajstić information content (AvgIpc) is 3.13. The lowest BCUT2D eigenvalue weighted by Gasteiger charge is -2.35. The van der Waals surface area contributed by atoms with Crippen LogP contribution in [-0.4, -0.2) is 0 Å². The molecule has 3 rings (SSSR count). The summed E-state index contributed by atoms with van der Waals surface area (Å²) < 4.78 is 27.8. The van der Waals surface area contributed by atoms with E-state index in [-0.39, 0.29) is 5.56 Å². The first-order chi connectivity index (χ1) is 8.58. The number of nitriles is 1. The van der Waals surface area contributed by atoms with Gasteiger partial charge >= 0.3 is 0 Å². The van der Waals surface area contributed by atoms with Crippen LogP contribution in [-0.2, 0) is 11.3 Å². The van der Waals surface area contributed by atoms with Crippen molar-refractivity contribution in [3.8, 4) is 6.07 Å². The highest BCUT2D eigenvalue weighted by Gasteiger charge is 2.48. The molecule has 0 aromatic heterocycles. The Balaban J connectivity index is 1.87. The monoisotopic (exact) mass is 247 g/mol. The van der Waals surface area contributed by atoms with Crippen LogP contribution in [0.5, 0.6) is 0 Å². The standard InChI is InChI=1S/C15H15F2N/c16-15(17,13-6-7-13)12-4-2-11(3-5-12)14(10-18)8-1-9-14/h2-5,13H,1,6-9H2. The van der Waals surface area contributed by atoms with Gasteiger partial charge in [-0.05, 0) is 37.7 Å². The van der Waals surface area contributed by atoms with E-state index in [0.29, 0.717) is 12.8 Å². The smallest absolute Gasteiger partial charge is 0.201 e. The Morgan fingerprint density at radius 3 is 2.17 bits per heavy atom. The Morgan fingerprint density at radius 1 is 1.17 bits per heavy atom. The molecule has 0 bridgehead atoms. The molecule has 0 spiro atoms. The summed E-state index contributed by atoms with van der Waals surface area (Å²) in [6, 6.07) is 8.78. The van der Waals surface area contributed by atoms with E-state index in [1.54, 1.807) is 12.1 Å². The lowest BCUT2D eigenvalue weighted by Crippen LogP contribution is -2.32. The Bertz CT molecular complexity index is 490. The van der Waals surface area contributed by atoms with E-state index < -0.39 is 17.3 Å². The van der Waals surface area contributed by atoms with Crippen molar-refractivity contribution in [1.29, 1.82) is 5.26 Å². The minimum atomic E-state index is -2.70. The molecule has 2 aliphatic carbocycles. The van der Waals surface area contributed by atoms with Crippen LogP contribution in [0, 0.1) is 17.2 Å². The zero-order chi connectivity index (χ0) is 12.8. The SMILES string of the molecule is N#CC1(c2ccc(C(F)(F)C3CC3)cc2)CCC1. The molecule has 0 aliphatic heterocycles. The maximum absolute atomic E-state index is 13.9. The molecular weight excluding hydrogens is 232 g/mol. The molecule has 0 saturated heterocycles. The van der Waals surface area contributed by atoms with Gasteiger partial charge in [0.15, 0.2) is 0 Å². The van der Waals surface area contributed by atoms with Gasteiger partial charge in [-0.1, -0.05) is 24.3 Å². The highest BCUT2D eigenvalue weighted by Crippen LogP contribution is 2.50. The van der Waals surface area contributed by atoms with Crippen molar-refractivity contribution in [3.05, 3.63) is 35.4 Å². The summed E-state index contributed by atoms with van der Waals surface area (Å²) in [5.74, 6) is -3.17. The predicted molar refractivity (Wildman–Crippen MR) is 64.2 cm³/mol. The van der Waals surface area contributed by atoms with Crippen LogP contribution >= 0.6 is 0 Å². The first-order valence-corrected chi connectivity index (χ1v) is 6.49. The number of halogens is 2. The number of rotatable bonds is 3. The van der Waals surface area contributed by atoms with Gasteiger partial charge in [0.25, 0.3) is 5.92 Å². The molecule has 0 N–H and O–H groups in total. The van der Waals surface area contributed by atoms with Crippen LogP contribution in [0.15, 0.2) is 24.3 Å². The van der Waals surface area contributed by atoms with E-state index in [9.17, 15) is 14.0 Å². The largest absolute Gasteiger partial charge is 0.276 e. The van der Waals surface area contributed by atoms with E-state index in [0.717, 1.165) is 24.8 Å². The summed E-state index contributed by atoms with van der Waals surface area (Å²) in [6.07, 6.45) is 3.99. The van der Waals surface area contributed by atoms with E-state index >= 15 is 0 Å². The third-order valence-electron chi connectivity index (χ3n) is 4.33. The highest BCUT2D eigenvalue weighted by atomic mass is 19.3. The van der Waals surface area contributed by atoms with Gasteiger partial charge in [-0.15, -0.1) is 0 Å². The first kappa shape index (κ1) is 11.6. The van der Waals surface area contributed by atoms with Gasteiger partial charge in [-0.2, -0.15) is 5.26 Å². The molecule has 3 heteroatoms. The fourth-order valence-electron chi connectivity index (χ4n) is 2.69. The molecule has 1 nitrogen and oxygen atoms in total. The van der Waals surface area contributed by atoms with Crippen LogP contribution in [0.3, 0.4) is 0 Å². The van der Waals surface area contributed by atoms with Crippen LogP contribution < -0.4 is 0 Å². The van der Waals surface area contributed by atoms with Crippen molar-refractivity contribution in [1.82, 2.24) is 0 Å². The van der Waals surface area contributed by atoms with E-state index in [4.69, 9.17) is 0 Å². The molecular formula is C15H15F2N. The minimum Gasteiger partial charge on any atom is -0.201 e. The minimum absolute atomic E-state index is 0.0983. The fourth-order valence-corrected chi connectivity index (χ4v) is 2.69. The van der Waals surface area contributed by atoms with Gasteiger partial charge in [0.1, 0.15) is 0 Å². The number of nitrogens with zero attached hydrogens (tertiary/aromatic N) is 1. The van der Waals surface area contributed by atoms with E-state index in [1.165, 1.54) is 12.1 Å². The fraction of sp³-hybridized carbons (Fsp3) is 0.533. The van der Waals surface area contributed by atoms with Crippen molar-refractivity contribution in [2.24, 2.45) is 5.92 Å². The number of hydrogen-bond donors (Lipinski definition) is 0. The molecule has 2 saturated carbocycles. The Hall–Kier alpha value is -1.43. The van der Waals surface area contributed by atoms with Gasteiger partial charge in [0.05, 0.1) is 11.5 Å². The summed E-state index contributed by atoms with van der Waals surface area (Å²) in [4.78, 5) is 0. The van der Waals surface area contributed by atoms with E-state index in [1.807, 2.05) is 0 Å². The number of benzene rings is 1. The average molecular weight is 247 g/mol. The molecule has 2 aliphatic rings. The number of hydrogen-bond acceptors (Lipinski definition) is 1. The van der Waals surface area contributed by atoms with Gasteiger partial charge < -0.3 is 0 Å². The lowest BCUT2D eigenvalue weighted by molar-refractivity contribution is -0.0285. The van der Waals surface area contributed by atoms with Gasteiger partial charge in [-0.3, -0.25) is 0 Å². The van der Waals surface area contributed by atoms with Crippen molar-refractivity contribution in [3.63, 3.8) is 0 Å². The summed E-state index contributed by atoms with van der Waals surface area (Å²) in [5.41, 5.74) is 0.584. The molecule has 2 fully saturated rings. The predicted octanol–water partition coefficient (Wildman–Crippen LogP) is 4.13. The van der Waals surface area contributed by atoms with Crippen LogP contribution in [0.25, 0.3) is 0 Å². The van der Waals surface area contributed by atoms with Gasteiger partial charge in [0, 0.05) is 11.5 Å². The number of alkyl halides is 2. The van der Waals surface area contributed by atoms with Gasteiger partial charge in [-0.25, -0.2) is 8.78 Å². The van der Waals surface area contributed by atoms with Crippen molar-refractivity contribution >= 4 is 0 Å². The van der Waals surface area contributed by atoms with Gasteiger partial charge in [0.2, 0.25) is 0 Å². The second-order valence-electron chi connectivity index (χ2n) is 5.52. The summed E-state index contributed by atoms with van der Waals surface area (Å²) in [7, 11) is 0. The molecule has 18 heavy (non-hydrogen) atoms. The summed E-state index contributed by atoms with van der Waals surface area (Å²) in [5, 5.41) is 9.22. The maximum atomic E-state index is 13.9. The molecule has 0 radical (unpaired) electrons. The van der Waals surface area contributed by atoms with Crippen LogP contribution in [0.2, 0.25) is 0 Å². The lowest BCUT2D eigenvalue weighted by atomic mass is 9.65. The Morgan fingerprint density at radius 2 is 1.78 bits per heavy atom. The molecule has 1 aromatic rings. The second kappa shape index (κ2) is 3.78. The molecule has 0 atom stereocenters. The topological polar surface area (TPSA) is 23.8 Å². The Labute approximate surface area is 105 Å². The zero-order valence-electron chi connectivity index (χ0n) is 10.1. The molecule has 94 valence electrons. The third kappa shape index (κ3) is 1.63. The third-order valence-corrected chi connectivity index (χ3v) is 4.33. The second-order valence-corrected chi connectivity index (χ2v) is 5.52. The summed E-state index contributed by atoms with van der Waals surface area (Å²) in [6.45, 7) is 0. The normalized spacial score (nSPS) is 22.1. The van der Waals surface area contributed by atoms with Crippen molar-refractivity contribution in [2.75, 3.05) is 0 Å². The molecule has 0 amide bonds. The van der Waals surface area contributed by atoms with Crippen molar-refractivity contribution in [2.45, 2.75) is 43.4 Å². The van der Waals surface area contributed by atoms with Crippen LogP contribution in [0.1, 0.15) is 43.2 Å². The van der Waals surface area contributed by atoms with Crippen molar-refractivity contribution < 1.29 is 8.78 Å².